The average Bonchev–Trinajstić information content (AvgIpc) is 2.46. The van der Waals surface area contributed by atoms with Gasteiger partial charge in [0.15, 0.2) is 0 Å². The van der Waals surface area contributed by atoms with Gasteiger partial charge >= 0.3 is 0 Å². The highest BCUT2D eigenvalue weighted by Crippen LogP contribution is 2.47. The molecule has 2 aliphatic carbocycles. The van der Waals surface area contributed by atoms with E-state index in [0.717, 1.165) is 25.0 Å². The van der Waals surface area contributed by atoms with Crippen molar-refractivity contribution < 1.29 is 9.53 Å². The summed E-state index contributed by atoms with van der Waals surface area (Å²) in [5.74, 6) is 3.39. The standard InChI is InChI=1S/C17H22O2/c1-19-15-6-2-4-13(11-15)16-7-3-5-12-10-14(18)8-9-17(12)16/h2,4,6,11-12,16-17H,3,5,7-10H2,1H3/t12-,16+,17-/m1/s1. The molecule has 0 aliphatic heterocycles. The number of ether oxygens (including phenoxy) is 1. The van der Waals surface area contributed by atoms with Crippen LogP contribution in [0.25, 0.3) is 0 Å². The average molecular weight is 258 g/mol. The first-order chi connectivity index (χ1) is 9.28. The largest absolute Gasteiger partial charge is 0.497 e. The van der Waals surface area contributed by atoms with Gasteiger partial charge in [-0.05, 0) is 54.7 Å². The summed E-state index contributed by atoms with van der Waals surface area (Å²) in [4.78, 5) is 11.6. The monoisotopic (exact) mass is 258 g/mol. The predicted octanol–water partition coefficient (Wildman–Crippen LogP) is 3.95. The molecule has 1 aromatic carbocycles. The number of methoxy groups -OCH3 is 1. The first-order valence-corrected chi connectivity index (χ1v) is 7.43. The van der Waals surface area contributed by atoms with Crippen LogP contribution in [0.15, 0.2) is 24.3 Å². The molecule has 102 valence electrons. The van der Waals surface area contributed by atoms with Gasteiger partial charge in [0.25, 0.3) is 0 Å². The van der Waals surface area contributed by atoms with Crippen LogP contribution in [0.4, 0.5) is 0 Å². The van der Waals surface area contributed by atoms with Crippen molar-refractivity contribution in [1.29, 1.82) is 0 Å². The van der Waals surface area contributed by atoms with E-state index in [1.165, 1.54) is 24.8 Å². The van der Waals surface area contributed by atoms with Crippen LogP contribution in [0.2, 0.25) is 0 Å². The van der Waals surface area contributed by atoms with E-state index in [9.17, 15) is 4.79 Å². The summed E-state index contributed by atoms with van der Waals surface area (Å²) in [5, 5.41) is 0. The Balaban J connectivity index is 1.84. The fourth-order valence-corrected chi connectivity index (χ4v) is 4.06. The molecule has 2 heteroatoms. The highest BCUT2D eigenvalue weighted by molar-refractivity contribution is 5.79. The molecule has 3 atom stereocenters. The molecule has 0 N–H and O–H groups in total. The molecule has 2 fully saturated rings. The summed E-state index contributed by atoms with van der Waals surface area (Å²) in [6.45, 7) is 0. The van der Waals surface area contributed by atoms with Crippen molar-refractivity contribution in [2.75, 3.05) is 7.11 Å². The van der Waals surface area contributed by atoms with E-state index in [2.05, 4.69) is 18.2 Å². The summed E-state index contributed by atoms with van der Waals surface area (Å²) in [6.07, 6.45) is 6.48. The first-order valence-electron chi connectivity index (χ1n) is 7.43. The summed E-state index contributed by atoms with van der Waals surface area (Å²) in [6, 6.07) is 8.51. The van der Waals surface area contributed by atoms with E-state index in [1.54, 1.807) is 7.11 Å². The number of hydrogen-bond acceptors (Lipinski definition) is 2. The molecular formula is C17H22O2. The molecule has 1 aromatic rings. The lowest BCUT2D eigenvalue weighted by atomic mass is 9.63. The molecule has 2 saturated carbocycles. The molecule has 19 heavy (non-hydrogen) atoms. The SMILES string of the molecule is COc1cccc([C@@H]2CCC[C@@H]3CC(=O)CC[C@H]32)c1. The van der Waals surface area contributed by atoms with Crippen LogP contribution in [0.3, 0.4) is 0 Å². The minimum Gasteiger partial charge on any atom is -0.497 e. The molecule has 2 aliphatic rings. The van der Waals surface area contributed by atoms with Crippen molar-refractivity contribution in [2.24, 2.45) is 11.8 Å². The molecule has 0 spiro atoms. The maximum Gasteiger partial charge on any atom is 0.133 e. The molecule has 0 amide bonds. The van der Waals surface area contributed by atoms with E-state index < -0.39 is 0 Å². The molecule has 0 aromatic heterocycles. The first kappa shape index (κ1) is 12.7. The number of carbonyl (C=O) groups is 1. The Hall–Kier alpha value is -1.31. The molecule has 0 saturated heterocycles. The van der Waals surface area contributed by atoms with E-state index >= 15 is 0 Å². The van der Waals surface area contributed by atoms with Crippen LogP contribution in [0.5, 0.6) is 5.75 Å². The highest BCUT2D eigenvalue weighted by Gasteiger charge is 2.37. The highest BCUT2D eigenvalue weighted by atomic mass is 16.5. The zero-order chi connectivity index (χ0) is 13.2. The van der Waals surface area contributed by atoms with Crippen molar-refractivity contribution in [2.45, 2.75) is 44.4 Å². The minimum atomic E-state index is 0.479. The summed E-state index contributed by atoms with van der Waals surface area (Å²) < 4.78 is 5.34. The Labute approximate surface area is 115 Å². The lowest BCUT2D eigenvalue weighted by Crippen LogP contribution is -2.32. The number of ketones is 1. The van der Waals surface area contributed by atoms with Gasteiger partial charge in [0.1, 0.15) is 11.5 Å². The van der Waals surface area contributed by atoms with Gasteiger partial charge < -0.3 is 4.74 Å². The fraction of sp³-hybridized carbons (Fsp3) is 0.588. The maximum absolute atomic E-state index is 11.6. The molecule has 0 bridgehead atoms. The van der Waals surface area contributed by atoms with Gasteiger partial charge in [-0.3, -0.25) is 4.79 Å². The second kappa shape index (κ2) is 5.36. The Morgan fingerprint density at radius 2 is 2.11 bits per heavy atom. The number of Topliss-reactive ketones (excluding diaryl/α,β-unsaturated/α-hetero) is 1. The number of benzene rings is 1. The predicted molar refractivity (Wildman–Crippen MR) is 75.4 cm³/mol. The summed E-state index contributed by atoms with van der Waals surface area (Å²) in [5.41, 5.74) is 1.41. The topological polar surface area (TPSA) is 26.3 Å². The van der Waals surface area contributed by atoms with Crippen LogP contribution < -0.4 is 4.74 Å². The van der Waals surface area contributed by atoms with Crippen molar-refractivity contribution in [3.63, 3.8) is 0 Å². The Bertz CT molecular complexity index is 466. The van der Waals surface area contributed by atoms with Crippen molar-refractivity contribution in [1.82, 2.24) is 0 Å². The maximum atomic E-state index is 11.6. The van der Waals surface area contributed by atoms with E-state index in [1.807, 2.05) is 6.07 Å². The number of fused-ring (bicyclic) bond motifs is 1. The van der Waals surface area contributed by atoms with Gasteiger partial charge in [0.2, 0.25) is 0 Å². The van der Waals surface area contributed by atoms with Gasteiger partial charge in [0.05, 0.1) is 7.11 Å². The van der Waals surface area contributed by atoms with Gasteiger partial charge in [-0.15, -0.1) is 0 Å². The Morgan fingerprint density at radius 3 is 2.95 bits per heavy atom. The molecule has 0 heterocycles. The smallest absolute Gasteiger partial charge is 0.133 e. The van der Waals surface area contributed by atoms with Gasteiger partial charge in [-0.25, -0.2) is 0 Å². The Kier molecular flexibility index (Phi) is 3.58. The van der Waals surface area contributed by atoms with Crippen molar-refractivity contribution in [3.05, 3.63) is 29.8 Å². The summed E-state index contributed by atoms with van der Waals surface area (Å²) >= 11 is 0. The molecular weight excluding hydrogens is 236 g/mol. The molecule has 0 unspecified atom stereocenters. The molecule has 0 radical (unpaired) electrons. The number of hydrogen-bond donors (Lipinski definition) is 0. The quantitative estimate of drug-likeness (QED) is 0.803. The second-order valence-corrected chi connectivity index (χ2v) is 6.02. The zero-order valence-electron chi connectivity index (χ0n) is 11.6. The van der Waals surface area contributed by atoms with Gasteiger partial charge in [0, 0.05) is 12.8 Å². The normalized spacial score (nSPS) is 30.8. The van der Waals surface area contributed by atoms with Gasteiger partial charge in [-0.1, -0.05) is 18.6 Å². The van der Waals surface area contributed by atoms with Gasteiger partial charge in [-0.2, -0.15) is 0 Å². The van der Waals surface area contributed by atoms with Crippen LogP contribution in [-0.2, 0) is 4.79 Å². The third kappa shape index (κ3) is 2.54. The van der Waals surface area contributed by atoms with Crippen LogP contribution >= 0.6 is 0 Å². The van der Waals surface area contributed by atoms with Crippen LogP contribution in [0.1, 0.15) is 50.0 Å². The third-order valence-electron chi connectivity index (χ3n) is 4.98. The molecule has 3 rings (SSSR count). The van der Waals surface area contributed by atoms with Crippen LogP contribution in [0, 0.1) is 11.8 Å². The third-order valence-corrected chi connectivity index (χ3v) is 4.98. The Morgan fingerprint density at radius 1 is 1.21 bits per heavy atom. The van der Waals surface area contributed by atoms with E-state index in [4.69, 9.17) is 4.74 Å². The second-order valence-electron chi connectivity index (χ2n) is 6.02. The molecule has 2 nitrogen and oxygen atoms in total. The lowest BCUT2D eigenvalue weighted by Gasteiger charge is -2.41. The zero-order valence-corrected chi connectivity index (χ0v) is 11.6. The fourth-order valence-electron chi connectivity index (χ4n) is 4.06. The minimum absolute atomic E-state index is 0.479. The number of carbonyl (C=O) groups excluding carboxylic acids is 1. The van der Waals surface area contributed by atoms with E-state index in [-0.39, 0.29) is 0 Å². The van der Waals surface area contributed by atoms with Crippen molar-refractivity contribution >= 4 is 5.78 Å². The van der Waals surface area contributed by atoms with E-state index in [0.29, 0.717) is 23.5 Å². The van der Waals surface area contributed by atoms with Crippen LogP contribution in [-0.4, -0.2) is 12.9 Å². The van der Waals surface area contributed by atoms with Crippen molar-refractivity contribution in [3.8, 4) is 5.75 Å². The number of rotatable bonds is 2. The summed E-state index contributed by atoms with van der Waals surface area (Å²) in [7, 11) is 1.72. The lowest BCUT2D eigenvalue weighted by molar-refractivity contribution is -0.123.